The number of aryl methyl sites for hydroxylation is 3. The zero-order valence-electron chi connectivity index (χ0n) is 14.9. The number of hydrogen-bond donors (Lipinski definition) is 0. The number of hydrogen-bond acceptors (Lipinski definition) is 2. The predicted octanol–water partition coefficient (Wildman–Crippen LogP) is 6.42. The molecule has 1 aliphatic rings. The van der Waals surface area contributed by atoms with Crippen molar-refractivity contribution in [3.63, 3.8) is 0 Å². The van der Waals surface area contributed by atoms with Crippen LogP contribution in [0.5, 0.6) is 0 Å². The summed E-state index contributed by atoms with van der Waals surface area (Å²) >= 11 is 3.60. The maximum Gasteiger partial charge on any atom is 0.394 e. The molecule has 0 saturated heterocycles. The van der Waals surface area contributed by atoms with E-state index in [-0.39, 0.29) is 12.3 Å². The van der Waals surface area contributed by atoms with Gasteiger partial charge < -0.3 is 4.90 Å². The van der Waals surface area contributed by atoms with Gasteiger partial charge in [-0.1, -0.05) is 34.1 Å². The molecule has 2 aromatic carbocycles. The summed E-state index contributed by atoms with van der Waals surface area (Å²) in [7, 11) is 0. The van der Waals surface area contributed by atoms with Crippen molar-refractivity contribution in [2.45, 2.75) is 39.9 Å². The zero-order chi connectivity index (χ0) is 19.1. The third-order valence-electron chi connectivity index (χ3n) is 4.62. The van der Waals surface area contributed by atoms with Crippen molar-refractivity contribution in [3.05, 3.63) is 57.1 Å². The lowest BCUT2D eigenvalue weighted by molar-refractivity contribution is -0.121. The Bertz CT molecular complexity index is 872. The largest absolute Gasteiger partial charge is 0.394 e. The summed E-state index contributed by atoms with van der Waals surface area (Å²) in [5.41, 5.74) is 5.92. The van der Waals surface area contributed by atoms with E-state index in [9.17, 15) is 13.2 Å². The van der Waals surface area contributed by atoms with Crippen molar-refractivity contribution < 1.29 is 13.2 Å². The van der Waals surface area contributed by atoms with E-state index < -0.39 is 12.6 Å². The van der Waals surface area contributed by atoms with E-state index in [1.807, 2.05) is 56.0 Å². The first kappa shape index (κ1) is 19.0. The molecule has 0 fully saturated rings. The summed E-state index contributed by atoms with van der Waals surface area (Å²) in [5, 5.41) is 0. The second-order valence-electron chi connectivity index (χ2n) is 6.80. The number of halogens is 4. The molecule has 0 saturated carbocycles. The van der Waals surface area contributed by atoms with Crippen LogP contribution in [0.25, 0.3) is 0 Å². The normalized spacial score (nSPS) is 14.3. The summed E-state index contributed by atoms with van der Waals surface area (Å²) in [6.07, 6.45) is -5.24. The molecule has 0 unspecified atom stereocenters. The molecule has 26 heavy (non-hydrogen) atoms. The van der Waals surface area contributed by atoms with Gasteiger partial charge in [0, 0.05) is 16.7 Å². The molecular formula is C20H20BrF3N2. The fourth-order valence-electron chi connectivity index (χ4n) is 3.14. The SMILES string of the molecule is Cc1cc2c(cc1C)N(Cc1cccc(C)c1Br)CC(CC(F)(F)F)=N2. The first-order valence-electron chi connectivity index (χ1n) is 8.37. The Hall–Kier alpha value is -1.82. The molecule has 3 rings (SSSR count). The Morgan fingerprint density at radius 1 is 1.08 bits per heavy atom. The highest BCUT2D eigenvalue weighted by Crippen LogP contribution is 2.38. The quantitative estimate of drug-likeness (QED) is 0.554. The van der Waals surface area contributed by atoms with Gasteiger partial charge in [-0.05, 0) is 55.2 Å². The van der Waals surface area contributed by atoms with Crippen LogP contribution >= 0.6 is 15.9 Å². The van der Waals surface area contributed by atoms with Crippen LogP contribution in [0, 0.1) is 20.8 Å². The number of aliphatic imine (C=N–C) groups is 1. The van der Waals surface area contributed by atoms with Crippen molar-refractivity contribution >= 4 is 33.0 Å². The van der Waals surface area contributed by atoms with E-state index in [1.165, 1.54) is 0 Å². The summed E-state index contributed by atoms with van der Waals surface area (Å²) < 4.78 is 39.8. The molecule has 0 atom stereocenters. The molecule has 6 heteroatoms. The highest BCUT2D eigenvalue weighted by molar-refractivity contribution is 9.10. The van der Waals surface area contributed by atoms with Crippen LogP contribution in [0.1, 0.15) is 28.7 Å². The van der Waals surface area contributed by atoms with Gasteiger partial charge in [-0.25, -0.2) is 0 Å². The first-order chi connectivity index (χ1) is 12.1. The van der Waals surface area contributed by atoms with Crippen LogP contribution in [0.4, 0.5) is 24.5 Å². The van der Waals surface area contributed by atoms with Crippen molar-refractivity contribution in [1.82, 2.24) is 0 Å². The summed E-state index contributed by atoms with van der Waals surface area (Å²) in [5.74, 6) is 0. The lowest BCUT2D eigenvalue weighted by atomic mass is 10.0. The second-order valence-corrected chi connectivity index (χ2v) is 7.59. The van der Waals surface area contributed by atoms with Crippen LogP contribution in [-0.2, 0) is 6.54 Å². The first-order valence-corrected chi connectivity index (χ1v) is 9.17. The van der Waals surface area contributed by atoms with E-state index in [2.05, 4.69) is 20.9 Å². The average Bonchev–Trinajstić information content (AvgIpc) is 2.52. The van der Waals surface area contributed by atoms with Crippen molar-refractivity contribution in [2.75, 3.05) is 11.4 Å². The minimum absolute atomic E-state index is 0.150. The number of rotatable bonds is 3. The molecule has 0 aromatic heterocycles. The van der Waals surface area contributed by atoms with Gasteiger partial charge in [0.1, 0.15) is 0 Å². The Balaban J connectivity index is 2.01. The van der Waals surface area contributed by atoms with Gasteiger partial charge in [-0.15, -0.1) is 0 Å². The van der Waals surface area contributed by atoms with Crippen LogP contribution in [-0.4, -0.2) is 18.4 Å². The molecular weight excluding hydrogens is 405 g/mol. The minimum Gasteiger partial charge on any atom is -0.360 e. The monoisotopic (exact) mass is 424 g/mol. The number of nitrogens with zero attached hydrogens (tertiary/aromatic N) is 2. The van der Waals surface area contributed by atoms with Crippen LogP contribution in [0.15, 0.2) is 39.8 Å². The van der Waals surface area contributed by atoms with Gasteiger partial charge in [0.15, 0.2) is 0 Å². The highest BCUT2D eigenvalue weighted by Gasteiger charge is 2.32. The van der Waals surface area contributed by atoms with E-state index in [4.69, 9.17) is 0 Å². The van der Waals surface area contributed by atoms with E-state index in [0.717, 1.165) is 32.4 Å². The summed E-state index contributed by atoms with van der Waals surface area (Å²) in [4.78, 5) is 6.29. The Morgan fingerprint density at radius 2 is 1.77 bits per heavy atom. The highest BCUT2D eigenvalue weighted by atomic mass is 79.9. The smallest absolute Gasteiger partial charge is 0.360 e. The van der Waals surface area contributed by atoms with Crippen LogP contribution in [0.3, 0.4) is 0 Å². The van der Waals surface area contributed by atoms with E-state index >= 15 is 0 Å². The summed E-state index contributed by atoms with van der Waals surface area (Å²) in [6, 6.07) is 9.85. The van der Waals surface area contributed by atoms with E-state index in [0.29, 0.717) is 12.2 Å². The molecule has 1 aliphatic heterocycles. The fourth-order valence-corrected chi connectivity index (χ4v) is 3.53. The van der Waals surface area contributed by atoms with E-state index in [1.54, 1.807) is 0 Å². The van der Waals surface area contributed by atoms with Gasteiger partial charge in [-0.3, -0.25) is 4.99 Å². The third kappa shape index (κ3) is 4.11. The third-order valence-corrected chi connectivity index (χ3v) is 5.76. The van der Waals surface area contributed by atoms with Gasteiger partial charge in [-0.2, -0.15) is 13.2 Å². The Labute approximate surface area is 159 Å². The van der Waals surface area contributed by atoms with Gasteiger partial charge in [0.2, 0.25) is 0 Å². The molecule has 0 N–H and O–H groups in total. The standard InChI is InChI=1S/C20H20BrF3N2/c1-12-5-4-6-15(19(12)21)10-26-11-16(9-20(22,23)24)25-17-7-13(2)14(3)8-18(17)26/h4-8H,9-11H2,1-3H3. The maximum atomic E-state index is 12.9. The van der Waals surface area contributed by atoms with Crippen molar-refractivity contribution in [2.24, 2.45) is 4.99 Å². The number of benzene rings is 2. The topological polar surface area (TPSA) is 15.6 Å². The second kappa shape index (κ2) is 7.06. The van der Waals surface area contributed by atoms with Gasteiger partial charge in [0.05, 0.1) is 24.3 Å². The molecule has 0 amide bonds. The minimum atomic E-state index is -4.26. The molecule has 0 spiro atoms. The average molecular weight is 425 g/mol. The number of anilines is 1. The van der Waals surface area contributed by atoms with Crippen LogP contribution in [0.2, 0.25) is 0 Å². The van der Waals surface area contributed by atoms with Gasteiger partial charge >= 0.3 is 6.18 Å². The number of fused-ring (bicyclic) bond motifs is 1. The predicted molar refractivity (Wildman–Crippen MR) is 104 cm³/mol. The molecule has 0 radical (unpaired) electrons. The lowest BCUT2D eigenvalue weighted by Gasteiger charge is -2.32. The fraction of sp³-hybridized carbons (Fsp3) is 0.350. The number of alkyl halides is 3. The maximum absolute atomic E-state index is 12.9. The Morgan fingerprint density at radius 3 is 2.46 bits per heavy atom. The van der Waals surface area contributed by atoms with Crippen LogP contribution < -0.4 is 4.90 Å². The molecule has 0 bridgehead atoms. The molecule has 2 nitrogen and oxygen atoms in total. The molecule has 2 aromatic rings. The van der Waals surface area contributed by atoms with Gasteiger partial charge in [0.25, 0.3) is 0 Å². The molecule has 138 valence electrons. The summed E-state index contributed by atoms with van der Waals surface area (Å²) in [6.45, 7) is 6.65. The van der Waals surface area contributed by atoms with Crippen molar-refractivity contribution in [3.8, 4) is 0 Å². The van der Waals surface area contributed by atoms with Crippen molar-refractivity contribution in [1.29, 1.82) is 0 Å². The Kier molecular flexibility index (Phi) is 5.15. The molecule has 1 heterocycles. The zero-order valence-corrected chi connectivity index (χ0v) is 16.5. The molecule has 0 aliphatic carbocycles. The lowest BCUT2D eigenvalue weighted by Crippen LogP contribution is -2.34.